The fourth-order valence-electron chi connectivity index (χ4n) is 6.71. The molecule has 4 unspecified atom stereocenters. The first-order valence-corrected chi connectivity index (χ1v) is 19.2. The van der Waals surface area contributed by atoms with E-state index >= 15 is 4.39 Å². The third-order valence-corrected chi connectivity index (χ3v) is 12.1. The first kappa shape index (κ1) is 30.4. The summed E-state index contributed by atoms with van der Waals surface area (Å²) in [4.78, 5) is 46.2. The summed E-state index contributed by atoms with van der Waals surface area (Å²) in [5.74, 6) is -0.149. The van der Waals surface area contributed by atoms with Crippen molar-refractivity contribution >= 4 is 71.7 Å². The normalized spacial score (nSPS) is 44.3. The highest BCUT2D eigenvalue weighted by molar-refractivity contribution is 8.44. The third-order valence-electron chi connectivity index (χ3n) is 8.99. The van der Waals surface area contributed by atoms with Gasteiger partial charge in [0.15, 0.2) is 41.3 Å². The van der Waals surface area contributed by atoms with E-state index in [-0.39, 0.29) is 46.9 Å². The first-order chi connectivity index (χ1) is 22.2. The van der Waals surface area contributed by atoms with Gasteiger partial charge >= 0.3 is 13.5 Å². The number of fused-ring (bicyclic) bond motifs is 2. The van der Waals surface area contributed by atoms with Gasteiger partial charge < -0.3 is 35.5 Å². The van der Waals surface area contributed by atoms with Crippen LogP contribution in [0.15, 0.2) is 23.8 Å². The van der Waals surface area contributed by atoms with Crippen LogP contribution in [0.5, 0.6) is 0 Å². The van der Waals surface area contributed by atoms with E-state index in [9.17, 15) is 19.4 Å². The SMILES string of the molecule is Nc1nc2c(ncn2[C@@H]2OC34C[C@H]3OP(=O)(S)O[C@H]3[C@@H](O)[C@H](n5cnc6c(N)ncnc65)OC35C[C@@H]5OP(O)(=S)O[C@H]4[C@H]2F)c(=O)[nH]1. The highest BCUT2D eigenvalue weighted by atomic mass is 32.7. The van der Waals surface area contributed by atoms with Crippen molar-refractivity contribution in [1.29, 1.82) is 0 Å². The molecular formula is C22H23FN10O10P2S2. The van der Waals surface area contributed by atoms with E-state index < -0.39 is 79.4 Å². The molecule has 0 amide bonds. The number of hydrogen-bond donors (Lipinski definition) is 6. The molecule has 2 spiro atoms. The van der Waals surface area contributed by atoms with Crippen LogP contribution in [0.25, 0.3) is 22.3 Å². The van der Waals surface area contributed by atoms with E-state index in [4.69, 9.17) is 50.8 Å². The topological polar surface area (TPSA) is 272 Å². The number of nitrogen functional groups attached to an aromatic ring is 2. The number of aliphatic hydroxyl groups excluding tert-OH is 1. The van der Waals surface area contributed by atoms with Crippen molar-refractivity contribution in [2.45, 2.75) is 73.2 Å². The summed E-state index contributed by atoms with van der Waals surface area (Å²) in [5.41, 5.74) is 8.04. The quantitative estimate of drug-likeness (QED) is 0.117. The highest BCUT2D eigenvalue weighted by Crippen LogP contribution is 2.71. The smallest absolute Gasteiger partial charge is 0.386 e. The summed E-state index contributed by atoms with van der Waals surface area (Å²) < 4.78 is 68.3. The van der Waals surface area contributed by atoms with Gasteiger partial charge in [0.05, 0.1) is 12.7 Å². The Bertz CT molecular complexity index is 2160. The van der Waals surface area contributed by atoms with Crippen molar-refractivity contribution in [3.8, 4) is 0 Å². The fourth-order valence-corrected chi connectivity index (χ4v) is 10.4. The molecule has 3 aliphatic heterocycles. The van der Waals surface area contributed by atoms with E-state index in [0.29, 0.717) is 0 Å². The lowest BCUT2D eigenvalue weighted by molar-refractivity contribution is -0.0698. The zero-order valence-electron chi connectivity index (χ0n) is 23.3. The molecule has 47 heavy (non-hydrogen) atoms. The van der Waals surface area contributed by atoms with Gasteiger partial charge in [0.25, 0.3) is 5.56 Å². The Kier molecular flexibility index (Phi) is 6.30. The second kappa shape index (κ2) is 9.73. The lowest BCUT2D eigenvalue weighted by atomic mass is 10.1. The molecule has 9 rings (SSSR count). The standard InChI is InChI=1S/C22H23FN10O10P2S2/c23-8-12-21(38-18(8)33-5-29-10-16(33)30-20(25)31-17(10)35)1-6(21)40-45(37,47)43-13-11(34)19(32-4-28-9-14(24)26-3-27-15(9)32)39-22(13)2-7(22)41-44(36,46)42-12/h3-8,11-13,18-19,34H,1-2H2,(H,36,46)(H,37,47)(H2,24,26,27)(H3,25,30,31,35)/t6-,7+,8-,11-,12+,13+,18-,19-,21?,22?,44?,45?/m1/s1. The largest absolute Gasteiger partial charge is 0.386 e. The van der Waals surface area contributed by atoms with Crippen molar-refractivity contribution in [3.63, 3.8) is 0 Å². The molecule has 0 bridgehead atoms. The van der Waals surface area contributed by atoms with Gasteiger partial charge in [-0.25, -0.2) is 28.9 Å². The van der Waals surface area contributed by atoms with Crippen LogP contribution in [-0.2, 0) is 43.9 Å². The number of aliphatic hydroxyl groups is 1. The van der Waals surface area contributed by atoms with Crippen molar-refractivity contribution in [3.05, 3.63) is 29.3 Å². The maximum Gasteiger partial charge on any atom is 0.386 e. The molecular weight excluding hydrogens is 709 g/mol. The number of imidazole rings is 2. The predicted molar refractivity (Wildman–Crippen MR) is 161 cm³/mol. The lowest BCUT2D eigenvalue weighted by Crippen LogP contribution is -2.39. The minimum atomic E-state index is -4.38. The predicted octanol–water partition coefficient (Wildman–Crippen LogP) is -0.0254. The van der Waals surface area contributed by atoms with E-state index in [1.165, 1.54) is 17.2 Å². The summed E-state index contributed by atoms with van der Waals surface area (Å²) in [6, 6.07) is 0. The van der Waals surface area contributed by atoms with Gasteiger partial charge in [-0.3, -0.25) is 32.5 Å². The molecule has 5 aliphatic rings. The molecule has 2 saturated carbocycles. The van der Waals surface area contributed by atoms with Crippen LogP contribution in [0.3, 0.4) is 0 Å². The van der Waals surface area contributed by atoms with E-state index in [1.807, 2.05) is 0 Å². The summed E-state index contributed by atoms with van der Waals surface area (Å²) in [6.45, 7) is -8.67. The Labute approximate surface area is 270 Å². The highest BCUT2D eigenvalue weighted by Gasteiger charge is 2.77. The van der Waals surface area contributed by atoms with E-state index in [2.05, 4.69) is 42.2 Å². The maximum absolute atomic E-state index is 16.4. The molecule has 7 heterocycles. The number of thiol groups is 1. The number of aromatic nitrogens is 8. The van der Waals surface area contributed by atoms with Gasteiger partial charge in [-0.15, -0.1) is 0 Å². The van der Waals surface area contributed by atoms with Crippen LogP contribution in [0, 0.1) is 0 Å². The van der Waals surface area contributed by atoms with Crippen LogP contribution in [0.1, 0.15) is 25.3 Å². The molecule has 20 nitrogen and oxygen atoms in total. The molecule has 4 aromatic heterocycles. The van der Waals surface area contributed by atoms with Crippen molar-refractivity contribution in [2.75, 3.05) is 11.5 Å². The molecule has 7 N–H and O–H groups in total. The van der Waals surface area contributed by atoms with Crippen LogP contribution in [-0.4, -0.2) is 96.9 Å². The molecule has 0 radical (unpaired) electrons. The number of hydrogen-bond acceptors (Lipinski definition) is 17. The summed E-state index contributed by atoms with van der Waals surface area (Å²) >= 11 is 9.51. The average Bonchev–Trinajstić information content (AvgIpc) is 3.53. The van der Waals surface area contributed by atoms with Crippen molar-refractivity contribution < 1.29 is 46.5 Å². The molecule has 25 heteroatoms. The van der Waals surface area contributed by atoms with Crippen LogP contribution in [0.2, 0.25) is 0 Å². The number of nitrogens with zero attached hydrogens (tertiary/aromatic N) is 7. The Balaban J connectivity index is 1.06. The second-order valence-electron chi connectivity index (χ2n) is 11.8. The molecule has 0 aromatic carbocycles. The third kappa shape index (κ3) is 4.43. The Morgan fingerprint density at radius 2 is 1.64 bits per heavy atom. The number of alkyl halides is 1. The zero-order valence-corrected chi connectivity index (χ0v) is 26.8. The fraction of sp³-hybridized carbons (Fsp3) is 0.545. The average molecular weight is 733 g/mol. The van der Waals surface area contributed by atoms with Gasteiger partial charge in [0.2, 0.25) is 5.95 Å². The maximum atomic E-state index is 16.4. The summed E-state index contributed by atoms with van der Waals surface area (Å²) in [6.07, 6.45) is -7.98. The number of H-pyrrole nitrogens is 1. The number of nitrogens with two attached hydrogens (primary N) is 2. The number of halogens is 1. The molecule has 5 fully saturated rings. The minimum absolute atomic E-state index is 0.00878. The minimum Gasteiger partial charge on any atom is -0.386 e. The number of aromatic amines is 1. The molecule has 12 atom stereocenters. The van der Waals surface area contributed by atoms with Gasteiger partial charge in [-0.2, -0.15) is 4.98 Å². The van der Waals surface area contributed by atoms with E-state index in [1.54, 1.807) is 0 Å². The molecule has 250 valence electrons. The van der Waals surface area contributed by atoms with Crippen LogP contribution < -0.4 is 17.0 Å². The first-order valence-electron chi connectivity index (χ1n) is 13.9. The van der Waals surface area contributed by atoms with Crippen LogP contribution in [0.4, 0.5) is 16.2 Å². The summed E-state index contributed by atoms with van der Waals surface area (Å²) in [7, 11) is 0. The Hall–Kier alpha value is -2.66. The van der Waals surface area contributed by atoms with Crippen LogP contribution >= 0.6 is 25.8 Å². The molecule has 2 aliphatic carbocycles. The second-order valence-corrected chi connectivity index (χ2v) is 17.4. The van der Waals surface area contributed by atoms with Gasteiger partial charge in [-0.1, -0.05) is 12.2 Å². The molecule has 3 saturated heterocycles. The van der Waals surface area contributed by atoms with Gasteiger partial charge in [-0.05, 0) is 11.8 Å². The van der Waals surface area contributed by atoms with Gasteiger partial charge in [0.1, 0.15) is 53.6 Å². The number of anilines is 2. The van der Waals surface area contributed by atoms with Crippen molar-refractivity contribution in [2.24, 2.45) is 0 Å². The zero-order chi connectivity index (χ0) is 32.8. The number of rotatable bonds is 2. The van der Waals surface area contributed by atoms with Gasteiger partial charge in [0, 0.05) is 12.8 Å². The van der Waals surface area contributed by atoms with Crippen molar-refractivity contribution in [1.82, 2.24) is 39.0 Å². The van der Waals surface area contributed by atoms with E-state index in [0.717, 1.165) is 10.9 Å². The number of nitrogens with one attached hydrogen (secondary N) is 1. The Morgan fingerprint density at radius 3 is 2.40 bits per heavy atom. The Morgan fingerprint density at radius 1 is 0.979 bits per heavy atom. The number of ether oxygens (including phenoxy) is 2. The summed E-state index contributed by atoms with van der Waals surface area (Å²) in [5, 5.41) is 11.5. The lowest BCUT2D eigenvalue weighted by Gasteiger charge is -2.29. The monoisotopic (exact) mass is 732 g/mol. The molecule has 4 aromatic rings.